The molecule has 2 aliphatic rings. The number of nitrogens with zero attached hydrogens (tertiary/aromatic N) is 2. The van der Waals surface area contributed by atoms with Crippen LogP contribution in [0, 0.1) is 13.8 Å². The molecule has 0 aromatic carbocycles. The highest BCUT2D eigenvalue weighted by atomic mass is 16.5. The number of aliphatic hydroxyl groups is 2. The van der Waals surface area contributed by atoms with Gasteiger partial charge < -0.3 is 29.5 Å². The van der Waals surface area contributed by atoms with E-state index in [1.54, 1.807) is 0 Å². The zero-order valence-electron chi connectivity index (χ0n) is 15.8. The quantitative estimate of drug-likeness (QED) is 0.639. The summed E-state index contributed by atoms with van der Waals surface area (Å²) in [5.41, 5.74) is 1.15. The molecule has 2 saturated heterocycles. The summed E-state index contributed by atoms with van der Waals surface area (Å²) in [5, 5.41) is 31.0. The summed E-state index contributed by atoms with van der Waals surface area (Å²) in [7, 11) is 0. The first-order valence-corrected chi connectivity index (χ1v) is 9.12. The highest BCUT2D eigenvalue weighted by molar-refractivity contribution is 5.76. The van der Waals surface area contributed by atoms with E-state index in [2.05, 4.69) is 5.16 Å². The first-order chi connectivity index (χ1) is 12.8. The average Bonchev–Trinajstić information content (AvgIpc) is 2.97. The molecule has 1 spiro atoms. The minimum Gasteiger partial charge on any atom is -0.483 e. The fourth-order valence-electron chi connectivity index (χ4n) is 3.80. The van der Waals surface area contributed by atoms with Crippen LogP contribution in [-0.2, 0) is 20.7 Å². The first kappa shape index (κ1) is 21.3. The van der Waals surface area contributed by atoms with E-state index in [1.165, 1.54) is 0 Å². The summed E-state index contributed by atoms with van der Waals surface area (Å²) in [6.45, 7) is 5.04. The number of ether oxygens (including phenoxy) is 1. The lowest BCUT2D eigenvalue weighted by atomic mass is 9.80. The summed E-state index contributed by atoms with van der Waals surface area (Å²) in [4.78, 5) is 22.6. The van der Waals surface area contributed by atoms with E-state index in [0.717, 1.165) is 17.0 Å². The van der Waals surface area contributed by atoms with E-state index in [4.69, 9.17) is 19.2 Å². The molecule has 1 aromatic rings. The van der Waals surface area contributed by atoms with Gasteiger partial charge in [-0.2, -0.15) is 0 Å². The third-order valence-corrected chi connectivity index (χ3v) is 5.44. The van der Waals surface area contributed by atoms with Crippen molar-refractivity contribution in [1.82, 2.24) is 10.1 Å². The van der Waals surface area contributed by atoms with E-state index in [-0.39, 0.29) is 12.4 Å². The summed E-state index contributed by atoms with van der Waals surface area (Å²) in [6, 6.07) is 0. The van der Waals surface area contributed by atoms with Gasteiger partial charge in [-0.3, -0.25) is 9.59 Å². The van der Waals surface area contributed by atoms with E-state index >= 15 is 0 Å². The molecule has 152 valence electrons. The molecule has 2 atom stereocenters. The number of piperidine rings is 1. The molecule has 0 unspecified atom stereocenters. The van der Waals surface area contributed by atoms with Gasteiger partial charge in [-0.15, -0.1) is 0 Å². The van der Waals surface area contributed by atoms with E-state index in [1.807, 2.05) is 18.7 Å². The molecule has 9 heteroatoms. The molecule has 9 nitrogen and oxygen atoms in total. The fraction of sp³-hybridized carbons (Fsp3) is 0.722. The van der Waals surface area contributed by atoms with Crippen molar-refractivity contribution in [2.24, 2.45) is 0 Å². The molecule has 2 fully saturated rings. The number of hydrogen-bond acceptors (Lipinski definition) is 7. The molecule has 1 aromatic heterocycles. The first-order valence-electron chi connectivity index (χ1n) is 9.12. The second kappa shape index (κ2) is 9.29. The maximum atomic E-state index is 12.5. The van der Waals surface area contributed by atoms with Crippen LogP contribution in [-0.4, -0.2) is 75.3 Å². The number of amides is 1. The van der Waals surface area contributed by atoms with Crippen molar-refractivity contribution in [2.45, 2.75) is 63.8 Å². The Kier molecular flexibility index (Phi) is 7.34. The van der Waals surface area contributed by atoms with Crippen molar-refractivity contribution in [2.75, 3.05) is 19.7 Å². The Labute approximate surface area is 157 Å². The smallest absolute Gasteiger partial charge is 0.290 e. The number of likely N-dealkylation sites (tertiary alicyclic amines) is 1. The van der Waals surface area contributed by atoms with Crippen LogP contribution >= 0.6 is 0 Å². The van der Waals surface area contributed by atoms with E-state index in [9.17, 15) is 15.0 Å². The molecule has 3 rings (SSSR count). The van der Waals surface area contributed by atoms with Crippen molar-refractivity contribution in [3.63, 3.8) is 0 Å². The number of carbonyl (C=O) groups excluding carboxylic acids is 1. The predicted molar refractivity (Wildman–Crippen MR) is 94.1 cm³/mol. The zero-order valence-corrected chi connectivity index (χ0v) is 15.8. The maximum absolute atomic E-state index is 12.5. The molecular weight excluding hydrogens is 356 g/mol. The van der Waals surface area contributed by atoms with Crippen molar-refractivity contribution in [1.29, 1.82) is 0 Å². The van der Waals surface area contributed by atoms with Gasteiger partial charge in [0, 0.05) is 25.1 Å². The van der Waals surface area contributed by atoms with Crippen molar-refractivity contribution >= 4 is 12.4 Å². The predicted octanol–water partition coefficient (Wildman–Crippen LogP) is 0.428. The fourth-order valence-corrected chi connectivity index (χ4v) is 3.80. The maximum Gasteiger partial charge on any atom is 0.290 e. The Hall–Kier alpha value is -1.97. The molecule has 0 radical (unpaired) electrons. The highest BCUT2D eigenvalue weighted by Crippen LogP contribution is 2.35. The van der Waals surface area contributed by atoms with Gasteiger partial charge in [0.05, 0.1) is 24.0 Å². The minimum absolute atomic E-state index is 0.0932. The van der Waals surface area contributed by atoms with Crippen LogP contribution in [0.25, 0.3) is 0 Å². The molecule has 0 aliphatic carbocycles. The van der Waals surface area contributed by atoms with Gasteiger partial charge in [-0.05, 0) is 39.5 Å². The van der Waals surface area contributed by atoms with Gasteiger partial charge in [-0.1, -0.05) is 5.16 Å². The summed E-state index contributed by atoms with van der Waals surface area (Å²) in [6.07, 6.45) is 1.01. The SMILES string of the molecule is Cc1noc(C)c1CCC(=O)N1CCC2(CC1)OCC[C@H](O)[C@@H]2O.O=CO. The second-order valence-electron chi connectivity index (χ2n) is 7.00. The van der Waals surface area contributed by atoms with Gasteiger partial charge >= 0.3 is 0 Å². The normalized spacial score (nSPS) is 24.2. The molecule has 3 N–H and O–H groups in total. The molecule has 0 saturated carbocycles. The Morgan fingerprint density at radius 3 is 2.52 bits per heavy atom. The number of carbonyl (C=O) groups is 2. The topological polar surface area (TPSA) is 133 Å². The van der Waals surface area contributed by atoms with Gasteiger partial charge in [0.2, 0.25) is 5.91 Å². The monoisotopic (exact) mass is 384 g/mol. The summed E-state index contributed by atoms with van der Waals surface area (Å²) in [5.74, 6) is 0.862. The molecule has 1 amide bonds. The highest BCUT2D eigenvalue weighted by Gasteiger charge is 2.47. The number of rotatable bonds is 3. The van der Waals surface area contributed by atoms with E-state index < -0.39 is 17.8 Å². The lowest BCUT2D eigenvalue weighted by Gasteiger charge is -2.48. The minimum atomic E-state index is -0.870. The van der Waals surface area contributed by atoms with Gasteiger partial charge in [0.25, 0.3) is 6.47 Å². The Morgan fingerprint density at radius 1 is 1.33 bits per heavy atom. The number of aryl methyl sites for hydroxylation is 2. The number of aromatic nitrogens is 1. The van der Waals surface area contributed by atoms with Crippen molar-refractivity contribution in [3.05, 3.63) is 17.0 Å². The molecule has 27 heavy (non-hydrogen) atoms. The van der Waals surface area contributed by atoms with Crippen LogP contribution in [0.4, 0.5) is 0 Å². The van der Waals surface area contributed by atoms with Crippen LogP contribution in [0.5, 0.6) is 0 Å². The Morgan fingerprint density at radius 2 is 1.96 bits per heavy atom. The number of carboxylic acid groups (broad SMARTS) is 1. The zero-order chi connectivity index (χ0) is 20.0. The van der Waals surface area contributed by atoms with Crippen LogP contribution in [0.2, 0.25) is 0 Å². The average molecular weight is 384 g/mol. The van der Waals surface area contributed by atoms with Gasteiger partial charge in [0.15, 0.2) is 0 Å². The summed E-state index contributed by atoms with van der Waals surface area (Å²) < 4.78 is 10.9. The second-order valence-corrected chi connectivity index (χ2v) is 7.00. The third-order valence-electron chi connectivity index (χ3n) is 5.44. The lowest BCUT2D eigenvalue weighted by molar-refractivity contribution is -0.214. The van der Waals surface area contributed by atoms with Crippen LogP contribution in [0.1, 0.15) is 42.7 Å². The third kappa shape index (κ3) is 4.85. The van der Waals surface area contributed by atoms with Crippen LogP contribution < -0.4 is 0 Å². The standard InChI is InChI=1S/C17H26N2O5.CH2O2/c1-11-13(12(2)24-18-11)3-4-15(21)19-8-6-17(7-9-19)16(22)14(20)5-10-23-17;2-1-3/h14,16,20,22H,3-10H2,1-2H3;1H,(H,2,3)/t14-,16-;/m0./s1. The molecule has 3 heterocycles. The number of aliphatic hydroxyl groups excluding tert-OH is 2. The molecule has 2 aliphatic heterocycles. The lowest BCUT2D eigenvalue weighted by Crippen LogP contribution is -2.60. The van der Waals surface area contributed by atoms with Gasteiger partial charge in [-0.25, -0.2) is 0 Å². The van der Waals surface area contributed by atoms with Crippen LogP contribution in [0.15, 0.2) is 4.52 Å². The molecular formula is C18H28N2O7. The van der Waals surface area contributed by atoms with Gasteiger partial charge in [0.1, 0.15) is 11.9 Å². The molecule has 0 bridgehead atoms. The number of hydrogen-bond donors (Lipinski definition) is 3. The summed E-state index contributed by atoms with van der Waals surface area (Å²) >= 11 is 0. The van der Waals surface area contributed by atoms with Crippen molar-refractivity contribution < 1.29 is 34.2 Å². The van der Waals surface area contributed by atoms with E-state index in [0.29, 0.717) is 51.8 Å². The Bertz CT molecular complexity index is 618. The largest absolute Gasteiger partial charge is 0.483 e. The van der Waals surface area contributed by atoms with Crippen molar-refractivity contribution in [3.8, 4) is 0 Å². The van der Waals surface area contributed by atoms with Crippen LogP contribution in [0.3, 0.4) is 0 Å². The Balaban J connectivity index is 0.000000817.